The molecule has 18 heavy (non-hydrogen) atoms. The number of aromatic nitrogens is 2. The van der Waals surface area contributed by atoms with E-state index in [2.05, 4.69) is 8.75 Å². The van der Waals surface area contributed by atoms with Crippen molar-refractivity contribution in [3.63, 3.8) is 0 Å². The Morgan fingerprint density at radius 3 is 2.28 bits per heavy atom. The van der Waals surface area contributed by atoms with Gasteiger partial charge < -0.3 is 4.74 Å². The number of rotatable bonds is 3. The number of nitro groups is 1. The molecule has 0 unspecified atom stereocenters. The van der Waals surface area contributed by atoms with E-state index in [1.54, 1.807) is 0 Å². The third kappa shape index (κ3) is 2.64. The Morgan fingerprint density at radius 1 is 1.22 bits per heavy atom. The van der Waals surface area contributed by atoms with Crippen molar-refractivity contribution in [2.24, 2.45) is 0 Å². The molecule has 0 radical (unpaired) electrons. The topological polar surface area (TPSA) is 78.2 Å². The van der Waals surface area contributed by atoms with Gasteiger partial charge in [-0.3, -0.25) is 10.1 Å². The summed E-state index contributed by atoms with van der Waals surface area (Å²) in [5.74, 6) is 0.0813. The van der Waals surface area contributed by atoms with Crippen LogP contribution in [0.4, 0.5) is 5.69 Å². The van der Waals surface area contributed by atoms with Gasteiger partial charge in [-0.25, -0.2) is 0 Å². The van der Waals surface area contributed by atoms with Gasteiger partial charge in [0.2, 0.25) is 5.15 Å². The van der Waals surface area contributed by atoms with Gasteiger partial charge >= 0.3 is 0 Å². The Morgan fingerprint density at radius 2 is 1.83 bits per heavy atom. The van der Waals surface area contributed by atoms with Crippen LogP contribution < -0.4 is 4.74 Å². The van der Waals surface area contributed by atoms with Gasteiger partial charge in [-0.2, -0.15) is 4.37 Å². The van der Waals surface area contributed by atoms with E-state index < -0.39 is 4.92 Å². The van der Waals surface area contributed by atoms with Gasteiger partial charge in [0.15, 0.2) is 5.75 Å². The molecule has 0 bridgehead atoms. The molecule has 0 N–H and O–H groups in total. The third-order valence-electron chi connectivity index (χ3n) is 1.81. The highest BCUT2D eigenvalue weighted by Gasteiger charge is 2.18. The Labute approximate surface area is 120 Å². The number of ether oxygens (including phenoxy) is 1. The Hall–Kier alpha value is -1.15. The standard InChI is InChI=1S/C8H2Cl3N3O3S/c9-4-1-3(14(15)16)2-5(10)6(4)17-8-7(11)12-18-13-8/h1-2H. The first-order chi connectivity index (χ1) is 8.49. The van der Waals surface area contributed by atoms with Crippen LogP contribution in [-0.4, -0.2) is 13.7 Å². The number of non-ortho nitro benzene ring substituents is 1. The van der Waals surface area contributed by atoms with Crippen molar-refractivity contribution in [1.29, 1.82) is 0 Å². The maximum Gasteiger partial charge on any atom is 0.272 e. The van der Waals surface area contributed by atoms with Gasteiger partial charge in [0.1, 0.15) is 0 Å². The molecular weight excluding hydrogens is 325 g/mol. The summed E-state index contributed by atoms with van der Waals surface area (Å²) in [6.45, 7) is 0. The van der Waals surface area contributed by atoms with Gasteiger partial charge in [0.05, 0.1) is 26.7 Å². The van der Waals surface area contributed by atoms with Crippen LogP contribution in [0.2, 0.25) is 15.2 Å². The summed E-state index contributed by atoms with van der Waals surface area (Å²) in [4.78, 5) is 9.98. The summed E-state index contributed by atoms with van der Waals surface area (Å²) in [5.41, 5.74) is -0.236. The average molecular weight is 327 g/mol. The Bertz CT molecular complexity index is 596. The summed E-state index contributed by atoms with van der Waals surface area (Å²) in [7, 11) is 0. The molecule has 0 amide bonds. The minimum absolute atomic E-state index is 0.0155. The first kappa shape index (κ1) is 13.3. The number of hydrogen-bond donors (Lipinski definition) is 0. The smallest absolute Gasteiger partial charge is 0.272 e. The molecule has 1 aromatic heterocycles. The minimum Gasteiger partial charge on any atom is -0.433 e. The van der Waals surface area contributed by atoms with Gasteiger partial charge in [-0.15, -0.1) is 4.37 Å². The summed E-state index contributed by atoms with van der Waals surface area (Å²) < 4.78 is 12.7. The van der Waals surface area contributed by atoms with Crippen molar-refractivity contribution in [2.45, 2.75) is 0 Å². The van der Waals surface area contributed by atoms with E-state index in [4.69, 9.17) is 39.5 Å². The number of benzene rings is 1. The van der Waals surface area contributed by atoms with E-state index in [9.17, 15) is 10.1 Å². The summed E-state index contributed by atoms with van der Waals surface area (Å²) >= 11 is 18.2. The van der Waals surface area contributed by atoms with Gasteiger partial charge in [0.25, 0.3) is 11.6 Å². The predicted molar refractivity (Wildman–Crippen MR) is 68.1 cm³/mol. The van der Waals surface area contributed by atoms with Crippen LogP contribution in [0, 0.1) is 10.1 Å². The molecule has 2 aromatic rings. The number of nitro benzene ring substituents is 1. The molecule has 0 fully saturated rings. The minimum atomic E-state index is -0.612. The zero-order chi connectivity index (χ0) is 13.3. The summed E-state index contributed by atoms with van der Waals surface area (Å²) in [6, 6.07) is 2.24. The van der Waals surface area contributed by atoms with Crippen molar-refractivity contribution < 1.29 is 9.66 Å². The lowest BCUT2D eigenvalue weighted by atomic mass is 10.3. The van der Waals surface area contributed by atoms with E-state index in [0.29, 0.717) is 0 Å². The highest BCUT2D eigenvalue weighted by molar-refractivity contribution is 6.99. The molecule has 0 saturated heterocycles. The lowest BCUT2D eigenvalue weighted by Crippen LogP contribution is -1.92. The second-order valence-electron chi connectivity index (χ2n) is 2.96. The molecule has 0 saturated carbocycles. The van der Waals surface area contributed by atoms with Crippen LogP contribution in [0.1, 0.15) is 0 Å². The lowest BCUT2D eigenvalue weighted by Gasteiger charge is -2.06. The normalized spacial score (nSPS) is 10.4. The van der Waals surface area contributed by atoms with E-state index >= 15 is 0 Å². The van der Waals surface area contributed by atoms with Crippen LogP contribution in [0.3, 0.4) is 0 Å². The first-order valence-electron chi connectivity index (χ1n) is 4.28. The Balaban J connectivity index is 2.40. The molecule has 0 aliphatic heterocycles. The van der Waals surface area contributed by atoms with Crippen molar-refractivity contribution in [1.82, 2.24) is 8.75 Å². The zero-order valence-corrected chi connectivity index (χ0v) is 11.3. The van der Waals surface area contributed by atoms with Crippen molar-refractivity contribution in [3.05, 3.63) is 37.4 Å². The Kier molecular flexibility index (Phi) is 3.86. The molecule has 10 heteroatoms. The summed E-state index contributed by atoms with van der Waals surface area (Å²) in [5, 5.41) is 10.6. The lowest BCUT2D eigenvalue weighted by molar-refractivity contribution is -0.384. The molecule has 0 spiro atoms. The average Bonchev–Trinajstić information content (AvgIpc) is 2.69. The largest absolute Gasteiger partial charge is 0.433 e. The molecule has 0 aliphatic rings. The quantitative estimate of drug-likeness (QED) is 0.624. The molecule has 2 rings (SSSR count). The fourth-order valence-electron chi connectivity index (χ4n) is 1.08. The van der Waals surface area contributed by atoms with Crippen molar-refractivity contribution in [2.75, 3.05) is 0 Å². The molecule has 0 aliphatic carbocycles. The molecular formula is C8H2Cl3N3O3S. The monoisotopic (exact) mass is 325 g/mol. The summed E-state index contributed by atoms with van der Waals surface area (Å²) in [6.07, 6.45) is 0. The van der Waals surface area contributed by atoms with Crippen molar-refractivity contribution in [3.8, 4) is 11.6 Å². The third-order valence-corrected chi connectivity index (χ3v) is 3.23. The second-order valence-corrected chi connectivity index (χ2v) is 4.66. The fraction of sp³-hybridized carbons (Fsp3) is 0. The van der Waals surface area contributed by atoms with E-state index in [-0.39, 0.29) is 32.5 Å². The SMILES string of the molecule is O=[N+]([O-])c1cc(Cl)c(Oc2nsnc2Cl)c(Cl)c1. The van der Waals surface area contributed by atoms with Crippen LogP contribution in [-0.2, 0) is 0 Å². The zero-order valence-electron chi connectivity index (χ0n) is 8.26. The molecule has 6 nitrogen and oxygen atoms in total. The van der Waals surface area contributed by atoms with Crippen molar-refractivity contribution >= 4 is 52.2 Å². The molecule has 94 valence electrons. The highest BCUT2D eigenvalue weighted by Crippen LogP contribution is 2.40. The van der Waals surface area contributed by atoms with E-state index in [1.165, 1.54) is 0 Å². The molecule has 1 aromatic carbocycles. The predicted octanol–water partition coefficient (Wildman–Crippen LogP) is 4.20. The van der Waals surface area contributed by atoms with Crippen LogP contribution in [0.15, 0.2) is 12.1 Å². The van der Waals surface area contributed by atoms with Gasteiger partial charge in [-0.05, 0) is 0 Å². The van der Waals surface area contributed by atoms with Crippen LogP contribution in [0.5, 0.6) is 11.6 Å². The van der Waals surface area contributed by atoms with Crippen LogP contribution >= 0.6 is 46.5 Å². The van der Waals surface area contributed by atoms with E-state index in [1.807, 2.05) is 0 Å². The molecule has 1 heterocycles. The van der Waals surface area contributed by atoms with Gasteiger partial charge in [0, 0.05) is 12.1 Å². The number of halogens is 3. The van der Waals surface area contributed by atoms with Crippen LogP contribution in [0.25, 0.3) is 0 Å². The van der Waals surface area contributed by atoms with Gasteiger partial charge in [-0.1, -0.05) is 34.8 Å². The fourth-order valence-corrected chi connectivity index (χ4v) is 2.24. The molecule has 0 atom stereocenters. The highest BCUT2D eigenvalue weighted by atomic mass is 35.5. The second kappa shape index (κ2) is 5.23. The van der Waals surface area contributed by atoms with E-state index in [0.717, 1.165) is 23.9 Å². The number of nitrogens with zero attached hydrogens (tertiary/aromatic N) is 3. The first-order valence-corrected chi connectivity index (χ1v) is 6.15. The number of hydrogen-bond acceptors (Lipinski definition) is 6. The maximum atomic E-state index is 10.6. The maximum absolute atomic E-state index is 10.6.